The van der Waals surface area contributed by atoms with E-state index in [1.807, 2.05) is 7.05 Å². The van der Waals surface area contributed by atoms with Crippen molar-refractivity contribution >= 4 is 5.91 Å². The molecule has 0 radical (unpaired) electrons. The molecule has 1 heterocycles. The van der Waals surface area contributed by atoms with Gasteiger partial charge in [-0.15, -0.1) is 0 Å². The Morgan fingerprint density at radius 3 is 2.53 bits per heavy atom. The van der Waals surface area contributed by atoms with Crippen LogP contribution in [0.4, 0.5) is 0 Å². The molecule has 0 aromatic rings. The van der Waals surface area contributed by atoms with E-state index in [1.54, 1.807) is 0 Å². The van der Waals surface area contributed by atoms with Gasteiger partial charge in [-0.2, -0.15) is 0 Å². The predicted octanol–water partition coefficient (Wildman–Crippen LogP) is 1.61. The van der Waals surface area contributed by atoms with Gasteiger partial charge in [0, 0.05) is 18.1 Å². The van der Waals surface area contributed by atoms with Crippen LogP contribution >= 0.6 is 0 Å². The molecule has 1 amide bonds. The summed E-state index contributed by atoms with van der Waals surface area (Å²) in [4.78, 5) is 14.4. The molecule has 19 heavy (non-hydrogen) atoms. The molecule has 0 bridgehead atoms. The van der Waals surface area contributed by atoms with Gasteiger partial charge < -0.3 is 10.6 Å². The standard InChI is InChI=1S/C15H31N3O/c1-11(2)12(3)17-15(19)10-18-9-7-6-8-14(18)13(4)16-5/h11-14,16H,6-10H2,1-5H3,(H,17,19). The molecule has 1 aliphatic heterocycles. The van der Waals surface area contributed by atoms with E-state index in [-0.39, 0.29) is 11.9 Å². The second-order valence-corrected chi connectivity index (χ2v) is 6.21. The number of hydrogen-bond acceptors (Lipinski definition) is 3. The van der Waals surface area contributed by atoms with E-state index in [9.17, 15) is 4.79 Å². The fourth-order valence-corrected chi connectivity index (χ4v) is 2.62. The third kappa shape index (κ3) is 5.11. The maximum atomic E-state index is 12.1. The van der Waals surface area contributed by atoms with Crippen molar-refractivity contribution in [1.82, 2.24) is 15.5 Å². The molecule has 1 fully saturated rings. The first-order chi connectivity index (χ1) is 8.95. The maximum Gasteiger partial charge on any atom is 0.234 e. The number of amides is 1. The number of carbonyl (C=O) groups excluding carboxylic acids is 1. The Morgan fingerprint density at radius 1 is 1.26 bits per heavy atom. The van der Waals surface area contributed by atoms with Crippen LogP contribution in [-0.4, -0.2) is 49.1 Å². The summed E-state index contributed by atoms with van der Waals surface area (Å²) in [5.41, 5.74) is 0. The summed E-state index contributed by atoms with van der Waals surface area (Å²) in [7, 11) is 2.00. The van der Waals surface area contributed by atoms with E-state index < -0.39 is 0 Å². The van der Waals surface area contributed by atoms with Crippen LogP contribution in [0.2, 0.25) is 0 Å². The van der Waals surface area contributed by atoms with E-state index in [2.05, 4.69) is 43.2 Å². The minimum absolute atomic E-state index is 0.163. The van der Waals surface area contributed by atoms with Gasteiger partial charge in [0.15, 0.2) is 0 Å². The van der Waals surface area contributed by atoms with Gasteiger partial charge in [0.2, 0.25) is 5.91 Å². The molecular formula is C15H31N3O. The minimum Gasteiger partial charge on any atom is -0.352 e. The lowest BCUT2D eigenvalue weighted by Gasteiger charge is -2.39. The first-order valence-corrected chi connectivity index (χ1v) is 7.66. The third-order valence-electron chi connectivity index (χ3n) is 4.43. The highest BCUT2D eigenvalue weighted by atomic mass is 16.2. The summed E-state index contributed by atoms with van der Waals surface area (Å²) in [6, 6.07) is 1.17. The highest BCUT2D eigenvalue weighted by Crippen LogP contribution is 2.19. The van der Waals surface area contributed by atoms with Gasteiger partial charge in [-0.05, 0) is 46.2 Å². The summed E-state index contributed by atoms with van der Waals surface area (Å²) in [5.74, 6) is 0.647. The summed E-state index contributed by atoms with van der Waals surface area (Å²) in [5, 5.41) is 6.43. The second-order valence-electron chi connectivity index (χ2n) is 6.21. The van der Waals surface area contributed by atoms with Crippen LogP contribution in [0.5, 0.6) is 0 Å². The van der Waals surface area contributed by atoms with Crippen LogP contribution in [0.3, 0.4) is 0 Å². The highest BCUT2D eigenvalue weighted by Gasteiger charge is 2.28. The molecule has 3 atom stereocenters. The zero-order valence-corrected chi connectivity index (χ0v) is 13.2. The Morgan fingerprint density at radius 2 is 1.95 bits per heavy atom. The highest BCUT2D eigenvalue weighted by molar-refractivity contribution is 5.78. The number of nitrogens with one attached hydrogen (secondary N) is 2. The van der Waals surface area contributed by atoms with Crippen molar-refractivity contribution in [3.63, 3.8) is 0 Å². The molecule has 0 aromatic heterocycles. The zero-order valence-electron chi connectivity index (χ0n) is 13.2. The average Bonchev–Trinajstić information content (AvgIpc) is 2.38. The van der Waals surface area contributed by atoms with Crippen LogP contribution in [0, 0.1) is 5.92 Å². The Labute approximate surface area is 118 Å². The summed E-state index contributed by atoms with van der Waals surface area (Å²) in [6.07, 6.45) is 3.67. The molecule has 1 rings (SSSR count). The molecule has 2 N–H and O–H groups in total. The van der Waals surface area contributed by atoms with E-state index in [0.29, 0.717) is 24.5 Å². The quantitative estimate of drug-likeness (QED) is 0.770. The smallest absolute Gasteiger partial charge is 0.234 e. The Bertz CT molecular complexity index is 281. The van der Waals surface area contributed by atoms with Gasteiger partial charge in [0.25, 0.3) is 0 Å². The fourth-order valence-electron chi connectivity index (χ4n) is 2.62. The molecule has 0 spiro atoms. The summed E-state index contributed by atoms with van der Waals surface area (Å²) < 4.78 is 0. The number of rotatable bonds is 6. The SMILES string of the molecule is CNC(C)C1CCCCN1CC(=O)NC(C)C(C)C. The Balaban J connectivity index is 2.50. The lowest BCUT2D eigenvalue weighted by molar-refractivity contribution is -0.124. The lowest BCUT2D eigenvalue weighted by atomic mass is 9.96. The van der Waals surface area contributed by atoms with Crippen LogP contribution in [-0.2, 0) is 4.79 Å². The third-order valence-corrected chi connectivity index (χ3v) is 4.43. The van der Waals surface area contributed by atoms with Crippen molar-refractivity contribution in [2.24, 2.45) is 5.92 Å². The molecule has 0 saturated carbocycles. The average molecular weight is 269 g/mol. The number of piperidine rings is 1. The summed E-state index contributed by atoms with van der Waals surface area (Å²) in [6.45, 7) is 10.1. The maximum absolute atomic E-state index is 12.1. The molecule has 1 aliphatic rings. The molecule has 1 saturated heterocycles. The predicted molar refractivity (Wildman–Crippen MR) is 80.2 cm³/mol. The van der Waals surface area contributed by atoms with Crippen molar-refractivity contribution in [1.29, 1.82) is 0 Å². The largest absolute Gasteiger partial charge is 0.352 e. The van der Waals surface area contributed by atoms with Crippen LogP contribution in [0.1, 0.15) is 47.0 Å². The van der Waals surface area contributed by atoms with Crippen molar-refractivity contribution < 1.29 is 4.79 Å². The molecule has 3 unspecified atom stereocenters. The van der Waals surface area contributed by atoms with Gasteiger partial charge in [0.05, 0.1) is 6.54 Å². The van der Waals surface area contributed by atoms with E-state index in [4.69, 9.17) is 0 Å². The number of nitrogens with zero attached hydrogens (tertiary/aromatic N) is 1. The Kier molecular flexibility index (Phi) is 6.80. The number of likely N-dealkylation sites (N-methyl/N-ethyl adjacent to an activating group) is 1. The lowest BCUT2D eigenvalue weighted by Crippen LogP contribution is -2.53. The van der Waals surface area contributed by atoms with Gasteiger partial charge in [-0.25, -0.2) is 0 Å². The number of carbonyl (C=O) groups is 1. The molecule has 4 nitrogen and oxygen atoms in total. The second kappa shape index (κ2) is 7.85. The fraction of sp³-hybridized carbons (Fsp3) is 0.933. The Hall–Kier alpha value is -0.610. The topological polar surface area (TPSA) is 44.4 Å². The van der Waals surface area contributed by atoms with Crippen molar-refractivity contribution in [3.8, 4) is 0 Å². The van der Waals surface area contributed by atoms with Crippen molar-refractivity contribution in [2.45, 2.75) is 65.1 Å². The first kappa shape index (κ1) is 16.4. The minimum atomic E-state index is 0.163. The number of hydrogen-bond donors (Lipinski definition) is 2. The van der Waals surface area contributed by atoms with E-state index in [1.165, 1.54) is 19.3 Å². The van der Waals surface area contributed by atoms with Gasteiger partial charge in [0.1, 0.15) is 0 Å². The molecule has 4 heteroatoms. The van der Waals surface area contributed by atoms with Gasteiger partial charge in [-0.1, -0.05) is 20.3 Å². The molecular weight excluding hydrogens is 238 g/mol. The summed E-state index contributed by atoms with van der Waals surface area (Å²) >= 11 is 0. The van der Waals surface area contributed by atoms with Gasteiger partial charge >= 0.3 is 0 Å². The van der Waals surface area contributed by atoms with E-state index in [0.717, 1.165) is 6.54 Å². The van der Waals surface area contributed by atoms with Crippen LogP contribution < -0.4 is 10.6 Å². The monoisotopic (exact) mass is 269 g/mol. The van der Waals surface area contributed by atoms with Crippen LogP contribution in [0.25, 0.3) is 0 Å². The normalized spacial score (nSPS) is 24.2. The number of likely N-dealkylation sites (tertiary alicyclic amines) is 1. The molecule has 0 aromatic carbocycles. The van der Waals surface area contributed by atoms with Crippen molar-refractivity contribution in [3.05, 3.63) is 0 Å². The van der Waals surface area contributed by atoms with Gasteiger partial charge in [-0.3, -0.25) is 9.69 Å². The first-order valence-electron chi connectivity index (χ1n) is 7.66. The molecule has 112 valence electrons. The van der Waals surface area contributed by atoms with Crippen molar-refractivity contribution in [2.75, 3.05) is 20.1 Å². The molecule has 0 aliphatic carbocycles. The van der Waals surface area contributed by atoms with E-state index >= 15 is 0 Å². The van der Waals surface area contributed by atoms with Crippen LogP contribution in [0.15, 0.2) is 0 Å². The zero-order chi connectivity index (χ0) is 14.4.